The van der Waals surface area contributed by atoms with Crippen molar-refractivity contribution in [2.45, 2.75) is 56.9 Å². The number of nitrogens with one attached hydrogen (secondary N) is 2. The fraction of sp³-hybridized carbons (Fsp3) is 0.440. The SMILES string of the molecule is CCCC(=O)N[C@H]1CC[C@@](CNC(=O)c2ccccc2OC)(c2ccccc2)CC1. The monoisotopic (exact) mass is 408 g/mol. The zero-order valence-corrected chi connectivity index (χ0v) is 17.9. The third kappa shape index (κ3) is 5.21. The molecule has 0 spiro atoms. The van der Waals surface area contributed by atoms with E-state index in [1.807, 2.05) is 37.3 Å². The van der Waals surface area contributed by atoms with Gasteiger partial charge >= 0.3 is 0 Å². The van der Waals surface area contributed by atoms with Crippen molar-refractivity contribution in [2.75, 3.05) is 13.7 Å². The number of ether oxygens (including phenoxy) is 1. The molecule has 30 heavy (non-hydrogen) atoms. The molecule has 1 aliphatic carbocycles. The average Bonchev–Trinajstić information content (AvgIpc) is 2.79. The van der Waals surface area contributed by atoms with Gasteiger partial charge in [-0.3, -0.25) is 9.59 Å². The fourth-order valence-corrected chi connectivity index (χ4v) is 4.38. The summed E-state index contributed by atoms with van der Waals surface area (Å²) in [5.41, 5.74) is 1.65. The smallest absolute Gasteiger partial charge is 0.255 e. The zero-order chi connectivity index (χ0) is 21.4. The van der Waals surface area contributed by atoms with Crippen molar-refractivity contribution in [2.24, 2.45) is 0 Å². The van der Waals surface area contributed by atoms with Crippen LogP contribution in [0.2, 0.25) is 0 Å². The maximum atomic E-state index is 12.9. The van der Waals surface area contributed by atoms with Crippen molar-refractivity contribution in [3.8, 4) is 5.75 Å². The molecular weight excluding hydrogens is 376 g/mol. The Morgan fingerprint density at radius 2 is 1.70 bits per heavy atom. The number of hydrogen-bond acceptors (Lipinski definition) is 3. The van der Waals surface area contributed by atoms with Crippen LogP contribution in [0.5, 0.6) is 5.75 Å². The lowest BCUT2D eigenvalue weighted by molar-refractivity contribution is -0.122. The highest BCUT2D eigenvalue weighted by molar-refractivity contribution is 5.97. The standard InChI is InChI=1S/C25H32N2O3/c1-3-9-23(28)27-20-14-16-25(17-15-20,19-10-5-4-6-11-19)18-26-24(29)21-12-7-8-13-22(21)30-2/h4-8,10-13,20H,3,9,14-18H2,1-2H3,(H,26,29)(H,27,28)/t20-,25+. The third-order valence-corrected chi connectivity index (χ3v) is 6.11. The summed E-state index contributed by atoms with van der Waals surface area (Å²) < 4.78 is 5.34. The van der Waals surface area contributed by atoms with Crippen molar-refractivity contribution >= 4 is 11.8 Å². The van der Waals surface area contributed by atoms with Crippen LogP contribution in [0.1, 0.15) is 61.4 Å². The molecule has 0 unspecified atom stereocenters. The molecule has 0 aromatic heterocycles. The molecule has 5 nitrogen and oxygen atoms in total. The lowest BCUT2D eigenvalue weighted by atomic mass is 9.68. The van der Waals surface area contributed by atoms with Crippen LogP contribution in [0.15, 0.2) is 54.6 Å². The predicted molar refractivity (Wildman–Crippen MR) is 119 cm³/mol. The molecule has 2 N–H and O–H groups in total. The van der Waals surface area contributed by atoms with E-state index in [1.165, 1.54) is 5.56 Å². The van der Waals surface area contributed by atoms with Gasteiger partial charge in [0.2, 0.25) is 5.91 Å². The van der Waals surface area contributed by atoms with E-state index in [1.54, 1.807) is 19.2 Å². The molecular formula is C25H32N2O3. The summed E-state index contributed by atoms with van der Waals surface area (Å²) in [5.74, 6) is 0.589. The summed E-state index contributed by atoms with van der Waals surface area (Å²) in [6, 6.07) is 17.9. The largest absolute Gasteiger partial charge is 0.496 e. The normalized spacial score (nSPS) is 20.9. The number of carbonyl (C=O) groups excluding carboxylic acids is 2. The number of amides is 2. The van der Waals surface area contributed by atoms with Gasteiger partial charge in [-0.05, 0) is 49.8 Å². The minimum absolute atomic E-state index is 0.124. The van der Waals surface area contributed by atoms with Crippen LogP contribution in [0.25, 0.3) is 0 Å². The maximum absolute atomic E-state index is 12.9. The van der Waals surface area contributed by atoms with Crippen LogP contribution >= 0.6 is 0 Å². The van der Waals surface area contributed by atoms with E-state index in [9.17, 15) is 9.59 Å². The van der Waals surface area contributed by atoms with E-state index in [4.69, 9.17) is 4.74 Å². The lowest BCUT2D eigenvalue weighted by Gasteiger charge is -2.41. The Kier molecular flexibility index (Phi) is 7.50. The van der Waals surface area contributed by atoms with Crippen LogP contribution in [0.3, 0.4) is 0 Å². The first-order valence-electron chi connectivity index (χ1n) is 10.8. The molecule has 2 amide bonds. The van der Waals surface area contributed by atoms with Gasteiger partial charge in [-0.15, -0.1) is 0 Å². The highest BCUT2D eigenvalue weighted by atomic mass is 16.5. The highest BCUT2D eigenvalue weighted by Gasteiger charge is 2.37. The van der Waals surface area contributed by atoms with E-state index in [-0.39, 0.29) is 23.3 Å². The number of methoxy groups -OCH3 is 1. The van der Waals surface area contributed by atoms with Crippen molar-refractivity contribution in [3.63, 3.8) is 0 Å². The molecule has 3 rings (SSSR count). The number of hydrogen-bond donors (Lipinski definition) is 2. The van der Waals surface area contributed by atoms with Gasteiger partial charge in [-0.2, -0.15) is 0 Å². The first kappa shape index (κ1) is 21.9. The Balaban J connectivity index is 1.71. The second-order valence-corrected chi connectivity index (χ2v) is 8.12. The van der Waals surface area contributed by atoms with Crippen LogP contribution in [0.4, 0.5) is 0 Å². The van der Waals surface area contributed by atoms with Crippen LogP contribution in [0, 0.1) is 0 Å². The van der Waals surface area contributed by atoms with Crippen molar-refractivity contribution < 1.29 is 14.3 Å². The molecule has 1 fully saturated rings. The molecule has 1 aliphatic rings. The Bertz CT molecular complexity index is 842. The van der Waals surface area contributed by atoms with Crippen LogP contribution < -0.4 is 15.4 Å². The zero-order valence-electron chi connectivity index (χ0n) is 17.9. The van der Waals surface area contributed by atoms with Gasteiger partial charge in [-0.1, -0.05) is 49.4 Å². The van der Waals surface area contributed by atoms with Crippen LogP contribution in [-0.2, 0) is 10.2 Å². The molecule has 2 aromatic carbocycles. The Labute approximate surface area is 179 Å². The highest BCUT2D eigenvalue weighted by Crippen LogP contribution is 2.39. The maximum Gasteiger partial charge on any atom is 0.255 e. The number of benzene rings is 2. The summed E-state index contributed by atoms with van der Waals surface area (Å²) in [4.78, 5) is 24.9. The molecule has 0 atom stereocenters. The van der Waals surface area contributed by atoms with E-state index < -0.39 is 0 Å². The molecule has 0 bridgehead atoms. The van der Waals surface area contributed by atoms with Gasteiger partial charge in [0, 0.05) is 24.4 Å². The van der Waals surface area contributed by atoms with Gasteiger partial charge in [0.25, 0.3) is 5.91 Å². The molecule has 5 heteroatoms. The molecule has 160 valence electrons. The van der Waals surface area contributed by atoms with Crippen molar-refractivity contribution in [3.05, 3.63) is 65.7 Å². The summed E-state index contributed by atoms with van der Waals surface area (Å²) in [7, 11) is 1.58. The Hall–Kier alpha value is -2.82. The second kappa shape index (κ2) is 10.3. The van der Waals surface area contributed by atoms with Gasteiger partial charge < -0.3 is 15.4 Å². The number of carbonyl (C=O) groups is 2. The van der Waals surface area contributed by atoms with E-state index in [0.717, 1.165) is 32.1 Å². The first-order chi connectivity index (χ1) is 14.6. The summed E-state index contributed by atoms with van der Waals surface area (Å²) >= 11 is 0. The van der Waals surface area contributed by atoms with Gasteiger partial charge in [-0.25, -0.2) is 0 Å². The van der Waals surface area contributed by atoms with Gasteiger partial charge in [0.05, 0.1) is 12.7 Å². The molecule has 0 heterocycles. The van der Waals surface area contributed by atoms with E-state index >= 15 is 0 Å². The molecule has 0 saturated heterocycles. The summed E-state index contributed by atoms with van der Waals surface area (Å²) in [6.45, 7) is 2.58. The predicted octanol–water partition coefficient (Wildman–Crippen LogP) is 4.22. The molecule has 1 saturated carbocycles. The topological polar surface area (TPSA) is 67.4 Å². The lowest BCUT2D eigenvalue weighted by Crippen LogP contribution is -2.47. The van der Waals surface area contributed by atoms with Crippen molar-refractivity contribution in [1.29, 1.82) is 0 Å². The van der Waals surface area contributed by atoms with Gasteiger partial charge in [0.15, 0.2) is 0 Å². The van der Waals surface area contributed by atoms with E-state index in [2.05, 4.69) is 22.8 Å². The summed E-state index contributed by atoms with van der Waals surface area (Å²) in [5, 5.41) is 6.32. The third-order valence-electron chi connectivity index (χ3n) is 6.11. The van der Waals surface area contributed by atoms with Crippen molar-refractivity contribution in [1.82, 2.24) is 10.6 Å². The average molecular weight is 409 g/mol. The minimum atomic E-state index is -0.134. The van der Waals surface area contributed by atoms with Crippen LogP contribution in [-0.4, -0.2) is 31.5 Å². The molecule has 0 radical (unpaired) electrons. The fourth-order valence-electron chi connectivity index (χ4n) is 4.38. The Morgan fingerprint density at radius 3 is 2.37 bits per heavy atom. The number of rotatable bonds is 8. The summed E-state index contributed by atoms with van der Waals surface area (Å²) in [6.07, 6.45) is 5.10. The Morgan fingerprint density at radius 1 is 1.03 bits per heavy atom. The second-order valence-electron chi connectivity index (χ2n) is 8.12. The quantitative estimate of drug-likeness (QED) is 0.687. The molecule has 0 aliphatic heterocycles. The van der Waals surface area contributed by atoms with Gasteiger partial charge in [0.1, 0.15) is 5.75 Å². The first-order valence-corrected chi connectivity index (χ1v) is 10.8. The molecule has 2 aromatic rings. The minimum Gasteiger partial charge on any atom is -0.496 e. The van der Waals surface area contributed by atoms with E-state index in [0.29, 0.717) is 24.3 Å². The number of para-hydroxylation sites is 1.